The van der Waals surface area contributed by atoms with Crippen molar-refractivity contribution < 1.29 is 32.9 Å². The molecule has 29 heavy (non-hydrogen) atoms. The van der Waals surface area contributed by atoms with Crippen molar-refractivity contribution in [3.05, 3.63) is 34.2 Å². The largest absolute Gasteiger partial charge is 0.508 e. The summed E-state index contributed by atoms with van der Waals surface area (Å²) >= 11 is 0. The molecule has 7 nitrogen and oxygen atoms in total. The van der Waals surface area contributed by atoms with E-state index in [1.54, 1.807) is 0 Å². The normalized spacial score (nSPS) is 11.8. The second kappa shape index (κ2) is 9.06. The number of hydrogen-bond donors (Lipinski definition) is 3. The number of phenolic OH excluding ortho intramolecular Hbond substituents is 1. The number of benzene rings is 1. The molecular formula is C19H23F3N2O5. The average molecular weight is 416 g/mol. The summed E-state index contributed by atoms with van der Waals surface area (Å²) < 4.78 is 44.2. The fourth-order valence-corrected chi connectivity index (χ4v) is 2.95. The first-order valence-electron chi connectivity index (χ1n) is 9.04. The first-order valence-corrected chi connectivity index (χ1v) is 9.04. The summed E-state index contributed by atoms with van der Waals surface area (Å²) in [6.07, 6.45) is -7.00. The summed E-state index contributed by atoms with van der Waals surface area (Å²) in [4.78, 5) is 23.9. The minimum absolute atomic E-state index is 0.0314. The molecule has 10 heteroatoms. The van der Waals surface area contributed by atoms with Crippen LogP contribution < -0.4 is 15.6 Å². The minimum Gasteiger partial charge on any atom is -0.508 e. The summed E-state index contributed by atoms with van der Waals surface area (Å²) in [5.41, 5.74) is -0.213. The SMILES string of the molecule is CC(C)Cn1c(CNC(=O)O)c(OCCCC(F)(F)F)c2cc(O)ccc2c1=O. The average Bonchev–Trinajstić information content (AvgIpc) is 2.59. The van der Waals surface area contributed by atoms with Crippen LogP contribution in [0.15, 0.2) is 23.0 Å². The molecule has 2 aromatic rings. The van der Waals surface area contributed by atoms with E-state index in [-0.39, 0.29) is 60.0 Å². The van der Waals surface area contributed by atoms with Crippen LogP contribution in [-0.2, 0) is 13.1 Å². The lowest BCUT2D eigenvalue weighted by Crippen LogP contribution is -2.31. The highest BCUT2D eigenvalue weighted by Gasteiger charge is 2.26. The summed E-state index contributed by atoms with van der Waals surface area (Å²) in [5.74, 6) is -0.0493. The van der Waals surface area contributed by atoms with Crippen LogP contribution in [0.5, 0.6) is 11.5 Å². The van der Waals surface area contributed by atoms with Gasteiger partial charge < -0.3 is 24.8 Å². The number of ether oxygens (including phenoxy) is 1. The van der Waals surface area contributed by atoms with Crippen molar-refractivity contribution in [2.24, 2.45) is 5.92 Å². The molecular weight excluding hydrogens is 393 g/mol. The number of pyridine rings is 1. The molecule has 0 aliphatic heterocycles. The van der Waals surface area contributed by atoms with Gasteiger partial charge in [-0.3, -0.25) is 4.79 Å². The molecule has 1 amide bonds. The van der Waals surface area contributed by atoms with Gasteiger partial charge in [0.2, 0.25) is 0 Å². The fourth-order valence-electron chi connectivity index (χ4n) is 2.95. The molecule has 2 rings (SSSR count). The molecule has 1 heterocycles. The predicted molar refractivity (Wildman–Crippen MR) is 100 cm³/mol. The lowest BCUT2D eigenvalue weighted by atomic mass is 10.1. The lowest BCUT2D eigenvalue weighted by molar-refractivity contribution is -0.136. The van der Waals surface area contributed by atoms with Gasteiger partial charge in [-0.25, -0.2) is 4.79 Å². The van der Waals surface area contributed by atoms with Gasteiger partial charge in [-0.15, -0.1) is 0 Å². The topological polar surface area (TPSA) is 101 Å². The summed E-state index contributed by atoms with van der Waals surface area (Å²) in [5, 5.41) is 21.4. The summed E-state index contributed by atoms with van der Waals surface area (Å²) in [6.45, 7) is 3.42. The summed E-state index contributed by atoms with van der Waals surface area (Å²) in [7, 11) is 0. The van der Waals surface area contributed by atoms with Crippen LogP contribution >= 0.6 is 0 Å². The van der Waals surface area contributed by atoms with Crippen molar-refractivity contribution >= 4 is 16.9 Å². The Bertz CT molecular complexity index is 938. The lowest BCUT2D eigenvalue weighted by Gasteiger charge is -2.21. The van der Waals surface area contributed by atoms with Crippen molar-refractivity contribution in [1.82, 2.24) is 9.88 Å². The van der Waals surface area contributed by atoms with Crippen molar-refractivity contribution in [1.29, 1.82) is 0 Å². The summed E-state index contributed by atoms with van der Waals surface area (Å²) in [6, 6.07) is 4.01. The molecule has 0 fully saturated rings. The molecule has 1 aromatic carbocycles. The molecule has 3 N–H and O–H groups in total. The Kier molecular flexibility index (Phi) is 6.99. The van der Waals surface area contributed by atoms with E-state index in [1.807, 2.05) is 13.8 Å². The van der Waals surface area contributed by atoms with Gasteiger partial charge in [-0.2, -0.15) is 13.2 Å². The van der Waals surface area contributed by atoms with E-state index in [9.17, 15) is 27.9 Å². The number of aromatic hydroxyl groups is 1. The monoisotopic (exact) mass is 416 g/mol. The third-order valence-electron chi connectivity index (χ3n) is 4.12. The highest BCUT2D eigenvalue weighted by molar-refractivity contribution is 5.89. The fraction of sp³-hybridized carbons (Fsp3) is 0.474. The molecule has 1 aromatic heterocycles. The molecule has 0 aliphatic rings. The molecule has 0 bridgehead atoms. The number of aromatic nitrogens is 1. The number of nitrogens with one attached hydrogen (secondary N) is 1. The number of phenols is 1. The molecule has 0 radical (unpaired) electrons. The number of nitrogens with zero attached hydrogens (tertiary/aromatic N) is 1. The third kappa shape index (κ3) is 6.03. The standard InChI is InChI=1S/C19H23F3N2O5/c1-11(2)10-24-15(9-23-18(27)28)16(29-7-3-6-19(20,21)22)14-8-12(25)4-5-13(14)17(24)26/h4-5,8,11,23,25H,3,6-7,9-10H2,1-2H3,(H,27,28). The smallest absolute Gasteiger partial charge is 0.404 e. The third-order valence-corrected chi connectivity index (χ3v) is 4.12. The van der Waals surface area contributed by atoms with Gasteiger partial charge in [-0.1, -0.05) is 13.8 Å². The first kappa shape index (κ1) is 22.4. The Labute approximate surface area is 164 Å². The van der Waals surface area contributed by atoms with Crippen LogP contribution in [0.4, 0.5) is 18.0 Å². The first-order chi connectivity index (χ1) is 13.5. The Morgan fingerprint density at radius 1 is 1.28 bits per heavy atom. The number of hydrogen-bond acceptors (Lipinski definition) is 4. The number of alkyl halides is 3. The number of amides is 1. The van der Waals surface area contributed by atoms with E-state index < -0.39 is 24.2 Å². The van der Waals surface area contributed by atoms with Gasteiger partial charge in [0.05, 0.1) is 24.2 Å². The Balaban J connectivity index is 2.58. The minimum atomic E-state index is -4.33. The van der Waals surface area contributed by atoms with Crippen molar-refractivity contribution in [3.63, 3.8) is 0 Å². The van der Waals surface area contributed by atoms with E-state index in [0.29, 0.717) is 0 Å². The van der Waals surface area contributed by atoms with Gasteiger partial charge in [0.1, 0.15) is 11.5 Å². The van der Waals surface area contributed by atoms with Gasteiger partial charge in [-0.05, 0) is 30.5 Å². The second-order valence-electron chi connectivity index (χ2n) is 7.04. The Hall–Kier alpha value is -2.91. The van der Waals surface area contributed by atoms with Crippen LogP contribution in [0.3, 0.4) is 0 Å². The maximum Gasteiger partial charge on any atom is 0.404 e. The van der Waals surface area contributed by atoms with Gasteiger partial charge in [0, 0.05) is 18.4 Å². The van der Waals surface area contributed by atoms with E-state index >= 15 is 0 Å². The van der Waals surface area contributed by atoms with Gasteiger partial charge in [0.15, 0.2) is 0 Å². The van der Waals surface area contributed by atoms with Crippen molar-refractivity contribution in [2.75, 3.05) is 6.61 Å². The number of carbonyl (C=O) groups is 1. The number of carboxylic acid groups (broad SMARTS) is 1. The number of rotatable bonds is 8. The highest BCUT2D eigenvalue weighted by atomic mass is 19.4. The zero-order chi connectivity index (χ0) is 21.8. The molecule has 0 spiro atoms. The molecule has 0 saturated heterocycles. The second-order valence-corrected chi connectivity index (χ2v) is 7.04. The molecule has 0 aliphatic carbocycles. The predicted octanol–water partition coefficient (Wildman–Crippen LogP) is 3.85. The maximum absolute atomic E-state index is 13.0. The highest BCUT2D eigenvalue weighted by Crippen LogP contribution is 2.31. The van der Waals surface area contributed by atoms with Crippen LogP contribution in [0, 0.1) is 5.92 Å². The number of halogens is 3. The Morgan fingerprint density at radius 2 is 1.97 bits per heavy atom. The van der Waals surface area contributed by atoms with E-state index in [1.165, 1.54) is 22.8 Å². The Morgan fingerprint density at radius 3 is 2.55 bits per heavy atom. The van der Waals surface area contributed by atoms with Crippen LogP contribution in [-0.4, -0.2) is 33.7 Å². The molecule has 160 valence electrons. The van der Waals surface area contributed by atoms with E-state index in [4.69, 9.17) is 9.84 Å². The van der Waals surface area contributed by atoms with Crippen LogP contribution in [0.1, 0.15) is 32.4 Å². The van der Waals surface area contributed by atoms with Crippen LogP contribution in [0.2, 0.25) is 0 Å². The quantitative estimate of drug-likeness (QED) is 0.568. The van der Waals surface area contributed by atoms with Crippen molar-refractivity contribution in [3.8, 4) is 11.5 Å². The number of fused-ring (bicyclic) bond motifs is 1. The van der Waals surface area contributed by atoms with E-state index in [0.717, 1.165) is 0 Å². The van der Waals surface area contributed by atoms with Crippen molar-refractivity contribution in [2.45, 2.75) is 46.0 Å². The zero-order valence-electron chi connectivity index (χ0n) is 16.0. The van der Waals surface area contributed by atoms with Gasteiger partial charge >= 0.3 is 12.3 Å². The van der Waals surface area contributed by atoms with Crippen LogP contribution in [0.25, 0.3) is 10.8 Å². The maximum atomic E-state index is 13.0. The zero-order valence-corrected chi connectivity index (χ0v) is 16.0. The molecule has 0 atom stereocenters. The molecule has 0 unspecified atom stereocenters. The van der Waals surface area contributed by atoms with E-state index in [2.05, 4.69) is 5.32 Å². The van der Waals surface area contributed by atoms with Gasteiger partial charge in [0.25, 0.3) is 5.56 Å². The molecule has 0 saturated carbocycles.